The van der Waals surface area contributed by atoms with E-state index in [-0.39, 0.29) is 6.54 Å². The zero-order valence-electron chi connectivity index (χ0n) is 11.1. The average Bonchev–Trinajstić information content (AvgIpc) is 2.37. The molecule has 21 heavy (non-hydrogen) atoms. The Bertz CT molecular complexity index is 631. The van der Waals surface area contributed by atoms with Gasteiger partial charge in [0.25, 0.3) is 0 Å². The summed E-state index contributed by atoms with van der Waals surface area (Å²) in [5, 5.41) is 2.96. The second kappa shape index (κ2) is 5.54. The quantitative estimate of drug-likeness (QED) is 0.844. The summed E-state index contributed by atoms with van der Waals surface area (Å²) in [6.45, 7) is 2.42. The molecule has 1 saturated heterocycles. The molecular weight excluding hydrogens is 312 g/mol. The highest BCUT2D eigenvalue weighted by atomic mass is 32.2. The molecule has 2 rings (SSSR count). The van der Waals surface area contributed by atoms with Gasteiger partial charge in [0.15, 0.2) is 0 Å². The molecule has 1 aromatic rings. The molecule has 1 aromatic carbocycles. The molecule has 1 fully saturated rings. The number of nitrogens with one attached hydrogen (secondary N) is 1. The fraction of sp³-hybridized carbons (Fsp3) is 0.500. The maximum absolute atomic E-state index is 13.7. The lowest BCUT2D eigenvalue weighted by molar-refractivity contribution is -0.137. The Morgan fingerprint density at radius 3 is 2.57 bits per heavy atom. The minimum atomic E-state index is -4.73. The zero-order valence-corrected chi connectivity index (χ0v) is 11.9. The van der Waals surface area contributed by atoms with Gasteiger partial charge in [-0.05, 0) is 25.1 Å². The van der Waals surface area contributed by atoms with Gasteiger partial charge in [-0.15, -0.1) is 0 Å². The molecule has 0 aromatic heterocycles. The lowest BCUT2D eigenvalue weighted by Crippen LogP contribution is -2.52. The van der Waals surface area contributed by atoms with Gasteiger partial charge in [0.2, 0.25) is 10.0 Å². The normalized spacial score (nSPS) is 21.5. The molecule has 4 nitrogen and oxygen atoms in total. The third-order valence-electron chi connectivity index (χ3n) is 3.29. The van der Waals surface area contributed by atoms with Gasteiger partial charge < -0.3 is 5.32 Å². The maximum atomic E-state index is 13.7. The van der Waals surface area contributed by atoms with Crippen molar-refractivity contribution >= 4 is 10.0 Å². The molecule has 118 valence electrons. The summed E-state index contributed by atoms with van der Waals surface area (Å²) in [5.41, 5.74) is -1.19. The average molecular weight is 326 g/mol. The van der Waals surface area contributed by atoms with Crippen LogP contribution >= 0.6 is 0 Å². The van der Waals surface area contributed by atoms with E-state index in [1.807, 2.05) is 0 Å². The fourth-order valence-corrected chi connectivity index (χ4v) is 3.91. The van der Waals surface area contributed by atoms with E-state index in [1.165, 1.54) is 0 Å². The first kappa shape index (κ1) is 16.2. The van der Waals surface area contributed by atoms with E-state index < -0.39 is 38.5 Å². The van der Waals surface area contributed by atoms with Crippen molar-refractivity contribution in [2.24, 2.45) is 0 Å². The van der Waals surface area contributed by atoms with Crippen molar-refractivity contribution in [3.63, 3.8) is 0 Å². The van der Waals surface area contributed by atoms with Gasteiger partial charge in [0.05, 0.1) is 5.56 Å². The van der Waals surface area contributed by atoms with Crippen molar-refractivity contribution in [1.29, 1.82) is 0 Å². The van der Waals surface area contributed by atoms with Crippen LogP contribution in [0.5, 0.6) is 0 Å². The molecule has 1 unspecified atom stereocenters. The van der Waals surface area contributed by atoms with Crippen molar-refractivity contribution in [2.75, 3.05) is 19.6 Å². The van der Waals surface area contributed by atoms with E-state index in [0.29, 0.717) is 31.3 Å². The van der Waals surface area contributed by atoms with Crippen LogP contribution in [0.25, 0.3) is 0 Å². The number of hydrogen-bond donors (Lipinski definition) is 1. The summed E-state index contributed by atoms with van der Waals surface area (Å²) < 4.78 is 77.5. The first-order valence-electron chi connectivity index (χ1n) is 6.23. The fourth-order valence-electron chi connectivity index (χ4n) is 2.18. The summed E-state index contributed by atoms with van der Waals surface area (Å²) in [5.74, 6) is -1.19. The van der Waals surface area contributed by atoms with Gasteiger partial charge in [0.1, 0.15) is 10.7 Å². The molecular formula is C12H14F4N2O2S. The third-order valence-corrected chi connectivity index (χ3v) is 5.31. The van der Waals surface area contributed by atoms with Gasteiger partial charge >= 0.3 is 6.18 Å². The first-order chi connectivity index (χ1) is 9.64. The number of rotatable bonds is 2. The van der Waals surface area contributed by atoms with Crippen LogP contribution in [-0.2, 0) is 16.2 Å². The summed E-state index contributed by atoms with van der Waals surface area (Å²) in [6, 6.07) is 0.940. The van der Waals surface area contributed by atoms with Crippen LogP contribution in [0.3, 0.4) is 0 Å². The molecule has 9 heteroatoms. The van der Waals surface area contributed by atoms with E-state index in [0.717, 1.165) is 4.31 Å². The second-order valence-corrected chi connectivity index (χ2v) is 6.67. The van der Waals surface area contributed by atoms with Gasteiger partial charge in [0, 0.05) is 25.7 Å². The molecule has 0 spiro atoms. The minimum absolute atomic E-state index is 0.0825. The van der Waals surface area contributed by atoms with Crippen LogP contribution in [0.1, 0.15) is 12.5 Å². The molecule has 1 N–H and O–H groups in total. The Morgan fingerprint density at radius 2 is 2.00 bits per heavy atom. The highest BCUT2D eigenvalue weighted by Gasteiger charge is 2.36. The zero-order chi connectivity index (χ0) is 15.8. The van der Waals surface area contributed by atoms with Gasteiger partial charge in [-0.2, -0.15) is 17.5 Å². The molecule has 0 bridgehead atoms. The summed E-state index contributed by atoms with van der Waals surface area (Å²) in [4.78, 5) is -0.939. The monoisotopic (exact) mass is 326 g/mol. The summed E-state index contributed by atoms with van der Waals surface area (Å²) in [7, 11) is -4.31. The van der Waals surface area contributed by atoms with Crippen LogP contribution in [0.4, 0.5) is 17.6 Å². The lowest BCUT2D eigenvalue weighted by atomic mass is 10.2. The lowest BCUT2D eigenvalue weighted by Gasteiger charge is -2.33. The Kier molecular flexibility index (Phi) is 4.27. The topological polar surface area (TPSA) is 49.4 Å². The van der Waals surface area contributed by atoms with Crippen LogP contribution in [0, 0.1) is 5.82 Å². The van der Waals surface area contributed by atoms with Crippen molar-refractivity contribution in [3.8, 4) is 0 Å². The molecule has 0 amide bonds. The van der Waals surface area contributed by atoms with Crippen molar-refractivity contribution < 1.29 is 26.0 Å². The SMILES string of the molecule is CC1CNCCN1S(=O)(=O)c1cc(C(F)(F)F)ccc1F. The predicted molar refractivity (Wildman–Crippen MR) is 67.6 cm³/mol. The van der Waals surface area contributed by atoms with E-state index in [4.69, 9.17) is 0 Å². The molecule has 1 aliphatic heterocycles. The predicted octanol–water partition coefficient (Wildman–Crippen LogP) is 1.83. The summed E-state index contributed by atoms with van der Waals surface area (Å²) >= 11 is 0. The molecule has 0 saturated carbocycles. The molecule has 0 radical (unpaired) electrons. The molecule has 0 aliphatic carbocycles. The maximum Gasteiger partial charge on any atom is 0.416 e. The molecule has 1 heterocycles. The van der Waals surface area contributed by atoms with Gasteiger partial charge in [-0.1, -0.05) is 0 Å². The Morgan fingerprint density at radius 1 is 1.33 bits per heavy atom. The van der Waals surface area contributed by atoms with Crippen LogP contribution in [0.2, 0.25) is 0 Å². The van der Waals surface area contributed by atoms with Crippen molar-refractivity contribution in [2.45, 2.75) is 24.0 Å². The van der Waals surface area contributed by atoms with Crippen molar-refractivity contribution in [1.82, 2.24) is 9.62 Å². The van der Waals surface area contributed by atoms with Gasteiger partial charge in [-0.3, -0.25) is 0 Å². The first-order valence-corrected chi connectivity index (χ1v) is 7.67. The number of benzene rings is 1. The van der Waals surface area contributed by atoms with E-state index in [1.54, 1.807) is 6.92 Å². The Labute approximate surface area is 119 Å². The highest BCUT2D eigenvalue weighted by Crippen LogP contribution is 2.32. The third kappa shape index (κ3) is 3.19. The molecule has 1 atom stereocenters. The number of alkyl halides is 3. The number of halogens is 4. The smallest absolute Gasteiger partial charge is 0.314 e. The van der Waals surface area contributed by atoms with E-state index >= 15 is 0 Å². The van der Waals surface area contributed by atoms with Crippen molar-refractivity contribution in [3.05, 3.63) is 29.6 Å². The van der Waals surface area contributed by atoms with Gasteiger partial charge in [-0.25, -0.2) is 12.8 Å². The van der Waals surface area contributed by atoms with Crippen LogP contribution in [0.15, 0.2) is 23.1 Å². The molecule has 1 aliphatic rings. The van der Waals surface area contributed by atoms with Crippen LogP contribution < -0.4 is 5.32 Å². The highest BCUT2D eigenvalue weighted by molar-refractivity contribution is 7.89. The largest absolute Gasteiger partial charge is 0.416 e. The number of piperazine rings is 1. The number of nitrogens with zero attached hydrogens (tertiary/aromatic N) is 1. The second-order valence-electron chi connectivity index (χ2n) is 4.81. The minimum Gasteiger partial charge on any atom is -0.314 e. The van der Waals surface area contributed by atoms with E-state index in [9.17, 15) is 26.0 Å². The number of sulfonamides is 1. The Hall–Kier alpha value is -1.19. The number of hydrogen-bond acceptors (Lipinski definition) is 3. The van der Waals surface area contributed by atoms with E-state index in [2.05, 4.69) is 5.32 Å². The standard InChI is InChI=1S/C12H14F4N2O2S/c1-8-7-17-4-5-18(8)21(19,20)11-6-9(12(14,15)16)2-3-10(11)13/h2-3,6,8,17H,4-5,7H2,1H3. The summed E-state index contributed by atoms with van der Waals surface area (Å²) in [6.07, 6.45) is -4.73. The Balaban J connectivity index is 2.49. The van der Waals surface area contributed by atoms with Crippen LogP contribution in [-0.4, -0.2) is 38.4 Å².